The number of nitrogens with one attached hydrogen (secondary N) is 3. The van der Waals surface area contributed by atoms with E-state index in [9.17, 15) is 22.4 Å². The molecule has 0 saturated carbocycles. The number of nitrogens with zero attached hydrogens (tertiary/aromatic N) is 1. The highest BCUT2D eigenvalue weighted by Crippen LogP contribution is 2.21. The number of H-pyrrole nitrogens is 1. The summed E-state index contributed by atoms with van der Waals surface area (Å²) in [4.78, 5) is 28.6. The van der Waals surface area contributed by atoms with Gasteiger partial charge in [-0.3, -0.25) is 14.5 Å². The number of fused-ring (bicyclic) bond motifs is 1. The van der Waals surface area contributed by atoms with E-state index in [0.29, 0.717) is 5.02 Å². The van der Waals surface area contributed by atoms with E-state index in [4.69, 9.17) is 21.8 Å². The van der Waals surface area contributed by atoms with Crippen molar-refractivity contribution in [1.82, 2.24) is 19.9 Å². The van der Waals surface area contributed by atoms with Gasteiger partial charge >= 0.3 is 0 Å². The number of carbonyl (C=O) groups excluding carboxylic acids is 1. The first kappa shape index (κ1) is 27.7. The molecule has 0 aliphatic carbocycles. The van der Waals surface area contributed by atoms with E-state index >= 15 is 0 Å². The van der Waals surface area contributed by atoms with Gasteiger partial charge in [0.1, 0.15) is 11.4 Å². The summed E-state index contributed by atoms with van der Waals surface area (Å²) in [7, 11) is -4.14. The van der Waals surface area contributed by atoms with Gasteiger partial charge in [-0.15, -0.1) is 0 Å². The molecular weight excluding hydrogens is 515 g/mol. The minimum Gasteiger partial charge on any atom is -0.395 e. The first-order chi connectivity index (χ1) is 17.1. The van der Waals surface area contributed by atoms with Crippen LogP contribution >= 0.6 is 11.6 Å². The van der Waals surface area contributed by atoms with Crippen LogP contribution in [0.25, 0.3) is 10.9 Å². The van der Waals surface area contributed by atoms with Crippen LogP contribution in [0, 0.1) is 5.82 Å². The predicted octanol–water partition coefficient (Wildman–Crippen LogP) is 0.815. The molecule has 0 aliphatic heterocycles. The highest BCUT2D eigenvalue weighted by molar-refractivity contribution is 7.89. The maximum Gasteiger partial charge on any atom is 0.261 e. The van der Waals surface area contributed by atoms with Crippen molar-refractivity contribution in [3.05, 3.63) is 74.8 Å². The van der Waals surface area contributed by atoms with Gasteiger partial charge < -0.3 is 20.5 Å². The van der Waals surface area contributed by atoms with E-state index in [1.807, 2.05) is 0 Å². The molecule has 3 aromatic rings. The summed E-state index contributed by atoms with van der Waals surface area (Å²) in [6.07, 6.45) is 0. The number of pyridine rings is 1. The van der Waals surface area contributed by atoms with Crippen LogP contribution < -0.4 is 15.6 Å². The lowest BCUT2D eigenvalue weighted by Gasteiger charge is -2.20. The lowest BCUT2D eigenvalue weighted by atomic mass is 10.1. The summed E-state index contributed by atoms with van der Waals surface area (Å²) in [6.45, 7) is 0.469. The fourth-order valence-corrected chi connectivity index (χ4v) is 4.69. The van der Waals surface area contributed by atoms with Gasteiger partial charge in [0.25, 0.3) is 11.5 Å². The summed E-state index contributed by atoms with van der Waals surface area (Å²) in [6, 6.07) is 9.80. The Morgan fingerprint density at radius 1 is 1.06 bits per heavy atom. The SMILES string of the molecule is O=C(NCc1ccc(Cl)cc1)c1cc2cc(S(=O)(=O)NCCN(CCO)CCO)cc(F)c2[nH]c1=O. The molecule has 0 radical (unpaired) electrons. The van der Waals surface area contributed by atoms with Crippen molar-refractivity contribution in [2.75, 3.05) is 39.4 Å². The Morgan fingerprint density at radius 2 is 1.72 bits per heavy atom. The van der Waals surface area contributed by atoms with Crippen molar-refractivity contribution in [2.45, 2.75) is 11.4 Å². The van der Waals surface area contributed by atoms with E-state index in [1.54, 1.807) is 29.2 Å². The number of rotatable bonds is 12. The van der Waals surface area contributed by atoms with Gasteiger partial charge in [-0.05, 0) is 35.9 Å². The molecule has 1 amide bonds. The van der Waals surface area contributed by atoms with Gasteiger partial charge in [0.15, 0.2) is 0 Å². The molecule has 2 aromatic carbocycles. The summed E-state index contributed by atoms with van der Waals surface area (Å²) >= 11 is 5.84. The molecule has 0 unspecified atom stereocenters. The van der Waals surface area contributed by atoms with Gasteiger partial charge in [0.2, 0.25) is 10.0 Å². The number of carbonyl (C=O) groups is 1. The molecule has 0 spiro atoms. The monoisotopic (exact) mass is 540 g/mol. The average molecular weight is 541 g/mol. The average Bonchev–Trinajstić information content (AvgIpc) is 2.83. The first-order valence-corrected chi connectivity index (χ1v) is 12.8. The van der Waals surface area contributed by atoms with E-state index in [2.05, 4.69) is 15.0 Å². The third-order valence-electron chi connectivity index (χ3n) is 5.35. The van der Waals surface area contributed by atoms with Crippen LogP contribution in [0.15, 0.2) is 52.2 Å². The molecule has 10 nitrogen and oxygen atoms in total. The van der Waals surface area contributed by atoms with Crippen LogP contribution in [0.2, 0.25) is 5.02 Å². The van der Waals surface area contributed by atoms with Crippen molar-refractivity contribution in [2.24, 2.45) is 0 Å². The van der Waals surface area contributed by atoms with E-state index < -0.39 is 27.3 Å². The van der Waals surface area contributed by atoms with Crippen LogP contribution in [0.1, 0.15) is 15.9 Å². The first-order valence-electron chi connectivity index (χ1n) is 11.0. The zero-order chi connectivity index (χ0) is 26.3. The number of aromatic amines is 1. The minimum atomic E-state index is -4.14. The Balaban J connectivity index is 1.80. The molecular formula is C23H26ClFN4O6S. The Labute approximate surface area is 211 Å². The quantitative estimate of drug-likeness (QED) is 0.228. The molecule has 0 aliphatic rings. The highest BCUT2D eigenvalue weighted by Gasteiger charge is 2.20. The second kappa shape index (κ2) is 12.4. The van der Waals surface area contributed by atoms with Gasteiger partial charge in [-0.1, -0.05) is 23.7 Å². The number of hydrogen-bond acceptors (Lipinski definition) is 7. The van der Waals surface area contributed by atoms with Crippen molar-refractivity contribution in [1.29, 1.82) is 0 Å². The zero-order valence-corrected chi connectivity index (χ0v) is 20.7. The smallest absolute Gasteiger partial charge is 0.261 e. The van der Waals surface area contributed by atoms with Gasteiger partial charge in [-0.25, -0.2) is 17.5 Å². The molecule has 0 atom stereocenters. The number of halogens is 2. The van der Waals surface area contributed by atoms with Crippen LogP contribution in [-0.2, 0) is 16.6 Å². The number of amides is 1. The molecule has 1 aromatic heterocycles. The van der Waals surface area contributed by atoms with Crippen molar-refractivity contribution >= 4 is 38.4 Å². The Bertz CT molecular complexity index is 1380. The fourth-order valence-electron chi connectivity index (χ4n) is 3.49. The van der Waals surface area contributed by atoms with E-state index in [-0.39, 0.29) is 67.3 Å². The third-order valence-corrected chi connectivity index (χ3v) is 7.04. The zero-order valence-electron chi connectivity index (χ0n) is 19.1. The highest BCUT2D eigenvalue weighted by atomic mass is 35.5. The fraction of sp³-hybridized carbons (Fsp3) is 0.304. The lowest BCUT2D eigenvalue weighted by molar-refractivity contribution is 0.0949. The Morgan fingerprint density at radius 3 is 2.36 bits per heavy atom. The molecule has 5 N–H and O–H groups in total. The third kappa shape index (κ3) is 7.09. The number of sulfonamides is 1. The molecule has 0 bridgehead atoms. The van der Waals surface area contributed by atoms with Crippen LogP contribution in [-0.4, -0.2) is 73.8 Å². The maximum absolute atomic E-state index is 14.7. The van der Waals surface area contributed by atoms with Crippen molar-refractivity contribution in [3.8, 4) is 0 Å². The molecule has 1 heterocycles. The largest absolute Gasteiger partial charge is 0.395 e. The van der Waals surface area contributed by atoms with Gasteiger partial charge in [0.05, 0.1) is 23.6 Å². The molecule has 0 fully saturated rings. The molecule has 3 rings (SSSR count). The predicted molar refractivity (Wildman–Crippen MR) is 133 cm³/mol. The molecule has 194 valence electrons. The van der Waals surface area contributed by atoms with Gasteiger partial charge in [0, 0.05) is 43.1 Å². The number of hydrogen-bond donors (Lipinski definition) is 5. The second-order valence-electron chi connectivity index (χ2n) is 7.88. The minimum absolute atomic E-state index is 0.0220. The van der Waals surface area contributed by atoms with Crippen LogP contribution in [0.5, 0.6) is 0 Å². The summed E-state index contributed by atoms with van der Waals surface area (Å²) in [5.41, 5.74) is -0.615. The summed E-state index contributed by atoms with van der Waals surface area (Å²) in [5, 5.41) is 21.3. The number of benzene rings is 2. The Kier molecular flexibility index (Phi) is 9.54. The number of aromatic nitrogens is 1. The van der Waals surface area contributed by atoms with Crippen LogP contribution in [0.4, 0.5) is 4.39 Å². The van der Waals surface area contributed by atoms with E-state index in [0.717, 1.165) is 23.8 Å². The lowest BCUT2D eigenvalue weighted by Crippen LogP contribution is -2.37. The van der Waals surface area contributed by atoms with Crippen LogP contribution in [0.3, 0.4) is 0 Å². The number of aliphatic hydroxyl groups is 2. The standard InChI is InChI=1S/C23H26ClFN4O6S/c24-17-3-1-15(2-4-17)14-26-22(32)19-12-16-11-18(13-20(25)21(16)28-23(19)33)36(34,35)27-5-6-29(7-9-30)8-10-31/h1-4,11-13,27,30-31H,5-10,14H2,(H,26,32)(H,28,33). The summed E-state index contributed by atoms with van der Waals surface area (Å²) in [5.74, 6) is -1.69. The Hall–Kier alpha value is -2.87. The molecule has 13 heteroatoms. The van der Waals surface area contributed by atoms with Gasteiger partial charge in [-0.2, -0.15) is 0 Å². The normalized spacial score (nSPS) is 11.8. The van der Waals surface area contributed by atoms with Crippen molar-refractivity contribution in [3.63, 3.8) is 0 Å². The number of aliphatic hydroxyl groups excluding tert-OH is 2. The maximum atomic E-state index is 14.7. The topological polar surface area (TPSA) is 152 Å². The summed E-state index contributed by atoms with van der Waals surface area (Å²) < 4.78 is 42.5. The van der Waals surface area contributed by atoms with E-state index in [1.165, 1.54) is 0 Å². The molecule has 36 heavy (non-hydrogen) atoms. The second-order valence-corrected chi connectivity index (χ2v) is 10.1. The molecule has 0 saturated heterocycles. The van der Waals surface area contributed by atoms with Crippen molar-refractivity contribution < 1.29 is 27.8 Å².